The molecule has 0 aromatic heterocycles. The highest BCUT2D eigenvalue weighted by Gasteiger charge is 1.92. The van der Waals surface area contributed by atoms with Gasteiger partial charge in [-0.25, -0.2) is 0 Å². The van der Waals surface area contributed by atoms with Gasteiger partial charge in [0.1, 0.15) is 5.75 Å². The number of hydrogen-bond acceptors (Lipinski definition) is 2. The maximum absolute atomic E-state index is 5.54. The van der Waals surface area contributed by atoms with E-state index in [1.54, 1.807) is 0 Å². The lowest BCUT2D eigenvalue weighted by Crippen LogP contribution is -1.96. The molecule has 0 heterocycles. The molecule has 0 atom stereocenters. The summed E-state index contributed by atoms with van der Waals surface area (Å²) in [5.74, 6) is 0.936. The summed E-state index contributed by atoms with van der Waals surface area (Å²) in [5.41, 5.74) is 1.11. The molecule has 0 aliphatic rings. The van der Waals surface area contributed by atoms with Gasteiger partial charge in [0.05, 0.1) is 6.61 Å². The van der Waals surface area contributed by atoms with Gasteiger partial charge < -0.3 is 10.1 Å². The van der Waals surface area contributed by atoms with Crippen LogP contribution in [0.4, 0.5) is 0 Å². The van der Waals surface area contributed by atoms with E-state index in [-0.39, 0.29) is 0 Å². The molecule has 0 amide bonds. The number of unbranched alkanes of at least 4 members (excludes halogenated alkanes) is 1. The standard InChI is InChI=1S/C12H16O.C2H7N/c1-3-5-9-13-12-8-6-7-11(4-2)10-12;1-3-2/h4,6-8,10H,2-3,5,9H2,1H3;3H,1-2H3. The molecule has 16 heavy (non-hydrogen) atoms. The highest BCUT2D eigenvalue weighted by Crippen LogP contribution is 2.14. The first-order valence-electron chi connectivity index (χ1n) is 5.72. The summed E-state index contributed by atoms with van der Waals surface area (Å²) < 4.78 is 5.54. The third kappa shape index (κ3) is 7.07. The average Bonchev–Trinajstić information content (AvgIpc) is 2.31. The fraction of sp³-hybridized carbons (Fsp3) is 0.429. The van der Waals surface area contributed by atoms with E-state index < -0.39 is 0 Å². The lowest BCUT2D eigenvalue weighted by atomic mass is 10.2. The van der Waals surface area contributed by atoms with Crippen molar-refractivity contribution in [2.75, 3.05) is 20.7 Å². The molecule has 0 aliphatic heterocycles. The van der Waals surface area contributed by atoms with E-state index in [2.05, 4.69) is 18.8 Å². The lowest BCUT2D eigenvalue weighted by Gasteiger charge is -2.05. The van der Waals surface area contributed by atoms with E-state index in [4.69, 9.17) is 4.74 Å². The predicted octanol–water partition coefficient (Wildman–Crippen LogP) is 3.34. The van der Waals surface area contributed by atoms with Gasteiger partial charge in [-0.2, -0.15) is 0 Å². The summed E-state index contributed by atoms with van der Waals surface area (Å²) in [6, 6.07) is 7.98. The number of hydrogen-bond donors (Lipinski definition) is 1. The molecule has 0 unspecified atom stereocenters. The monoisotopic (exact) mass is 221 g/mol. The van der Waals surface area contributed by atoms with Crippen molar-refractivity contribution in [1.29, 1.82) is 0 Å². The largest absolute Gasteiger partial charge is 0.494 e. The van der Waals surface area contributed by atoms with Crippen molar-refractivity contribution in [1.82, 2.24) is 5.32 Å². The van der Waals surface area contributed by atoms with E-state index in [1.807, 2.05) is 44.4 Å². The topological polar surface area (TPSA) is 21.3 Å². The van der Waals surface area contributed by atoms with Gasteiger partial charge in [0.2, 0.25) is 0 Å². The van der Waals surface area contributed by atoms with Gasteiger partial charge in [-0.15, -0.1) is 0 Å². The van der Waals surface area contributed by atoms with Crippen molar-refractivity contribution in [3.8, 4) is 5.75 Å². The van der Waals surface area contributed by atoms with Crippen LogP contribution in [-0.4, -0.2) is 20.7 Å². The summed E-state index contributed by atoms with van der Waals surface area (Å²) in [4.78, 5) is 0. The molecule has 0 spiro atoms. The minimum atomic E-state index is 0.803. The Morgan fingerprint density at radius 1 is 1.38 bits per heavy atom. The molecular weight excluding hydrogens is 198 g/mol. The van der Waals surface area contributed by atoms with Gasteiger partial charge >= 0.3 is 0 Å². The molecular formula is C14H23NO. The van der Waals surface area contributed by atoms with E-state index in [0.29, 0.717) is 0 Å². The number of benzene rings is 1. The second-order valence-electron chi connectivity index (χ2n) is 3.48. The van der Waals surface area contributed by atoms with Crippen LogP contribution >= 0.6 is 0 Å². The first-order chi connectivity index (χ1) is 7.78. The van der Waals surface area contributed by atoms with Crippen LogP contribution in [0.2, 0.25) is 0 Å². The van der Waals surface area contributed by atoms with Crippen LogP contribution in [0, 0.1) is 0 Å². The normalized spacial score (nSPS) is 8.94. The molecule has 2 heteroatoms. The van der Waals surface area contributed by atoms with Gasteiger partial charge in [0.15, 0.2) is 0 Å². The van der Waals surface area contributed by atoms with Gasteiger partial charge in [-0.1, -0.05) is 38.1 Å². The van der Waals surface area contributed by atoms with Crippen LogP contribution in [0.1, 0.15) is 25.3 Å². The number of rotatable bonds is 5. The summed E-state index contributed by atoms with van der Waals surface area (Å²) in [7, 11) is 3.75. The Morgan fingerprint density at radius 3 is 2.62 bits per heavy atom. The first-order valence-corrected chi connectivity index (χ1v) is 5.72. The van der Waals surface area contributed by atoms with Crippen LogP contribution in [-0.2, 0) is 0 Å². The quantitative estimate of drug-likeness (QED) is 0.770. The van der Waals surface area contributed by atoms with Crippen LogP contribution < -0.4 is 10.1 Å². The van der Waals surface area contributed by atoms with Crippen LogP contribution in [0.5, 0.6) is 5.75 Å². The van der Waals surface area contributed by atoms with Gasteiger partial charge in [-0.05, 0) is 38.2 Å². The molecule has 2 nitrogen and oxygen atoms in total. The maximum Gasteiger partial charge on any atom is 0.119 e. The van der Waals surface area contributed by atoms with Crippen molar-refractivity contribution < 1.29 is 4.74 Å². The fourth-order valence-corrected chi connectivity index (χ4v) is 1.07. The Balaban J connectivity index is 0.000000673. The molecule has 0 saturated heterocycles. The summed E-state index contributed by atoms with van der Waals surface area (Å²) in [6.07, 6.45) is 4.10. The minimum Gasteiger partial charge on any atom is -0.494 e. The summed E-state index contributed by atoms with van der Waals surface area (Å²) in [5, 5.41) is 2.75. The van der Waals surface area contributed by atoms with Crippen molar-refractivity contribution >= 4 is 6.08 Å². The van der Waals surface area contributed by atoms with E-state index in [0.717, 1.165) is 24.3 Å². The second-order valence-corrected chi connectivity index (χ2v) is 3.48. The smallest absolute Gasteiger partial charge is 0.119 e. The zero-order valence-electron chi connectivity index (χ0n) is 10.6. The van der Waals surface area contributed by atoms with Gasteiger partial charge in [0, 0.05) is 0 Å². The number of ether oxygens (including phenoxy) is 1. The second kappa shape index (κ2) is 10.2. The van der Waals surface area contributed by atoms with Crippen LogP contribution in [0.25, 0.3) is 6.08 Å². The van der Waals surface area contributed by atoms with Crippen molar-refractivity contribution in [2.45, 2.75) is 19.8 Å². The zero-order chi connectivity index (χ0) is 12.2. The minimum absolute atomic E-state index is 0.803. The third-order valence-corrected chi connectivity index (χ3v) is 1.86. The predicted molar refractivity (Wildman–Crippen MR) is 71.9 cm³/mol. The van der Waals surface area contributed by atoms with E-state index in [9.17, 15) is 0 Å². The molecule has 0 fully saturated rings. The SMILES string of the molecule is C=Cc1cccc(OCCCC)c1.CNC. The van der Waals surface area contributed by atoms with Crippen LogP contribution in [0.15, 0.2) is 30.8 Å². The van der Waals surface area contributed by atoms with Gasteiger partial charge in [0.25, 0.3) is 0 Å². The van der Waals surface area contributed by atoms with Gasteiger partial charge in [-0.3, -0.25) is 0 Å². The Hall–Kier alpha value is -1.28. The van der Waals surface area contributed by atoms with E-state index >= 15 is 0 Å². The van der Waals surface area contributed by atoms with Crippen molar-refractivity contribution in [2.24, 2.45) is 0 Å². The highest BCUT2D eigenvalue weighted by molar-refractivity contribution is 5.49. The van der Waals surface area contributed by atoms with Crippen LogP contribution in [0.3, 0.4) is 0 Å². The number of nitrogens with one attached hydrogen (secondary N) is 1. The van der Waals surface area contributed by atoms with E-state index in [1.165, 1.54) is 6.42 Å². The van der Waals surface area contributed by atoms with Crippen molar-refractivity contribution in [3.63, 3.8) is 0 Å². The first kappa shape index (κ1) is 14.7. The molecule has 1 N–H and O–H groups in total. The average molecular weight is 221 g/mol. The Kier molecular flexibility index (Phi) is 9.43. The summed E-state index contributed by atoms with van der Waals surface area (Å²) in [6.45, 7) is 6.67. The molecule has 1 rings (SSSR count). The molecule has 0 aliphatic carbocycles. The van der Waals surface area contributed by atoms with Crippen molar-refractivity contribution in [3.05, 3.63) is 36.4 Å². The fourth-order valence-electron chi connectivity index (χ4n) is 1.07. The maximum atomic E-state index is 5.54. The Morgan fingerprint density at radius 2 is 2.06 bits per heavy atom. The molecule has 90 valence electrons. The molecule has 0 radical (unpaired) electrons. The molecule has 1 aromatic carbocycles. The molecule has 0 bridgehead atoms. The molecule has 1 aromatic rings. The Bertz CT molecular complexity index is 284. The third-order valence-electron chi connectivity index (χ3n) is 1.86. The molecule has 0 saturated carbocycles. The highest BCUT2D eigenvalue weighted by atomic mass is 16.5. The summed E-state index contributed by atoms with van der Waals surface area (Å²) >= 11 is 0. The zero-order valence-corrected chi connectivity index (χ0v) is 10.6. The Labute approximate surface area is 99.3 Å². The lowest BCUT2D eigenvalue weighted by molar-refractivity contribution is 0.309.